The minimum absolute atomic E-state index is 0.0440. The molecule has 0 saturated carbocycles. The molecule has 2 amide bonds. The first-order valence-electron chi connectivity index (χ1n) is 9.44. The smallest absolute Gasteiger partial charge is 0.352 e. The van der Waals surface area contributed by atoms with Gasteiger partial charge >= 0.3 is 6.18 Å². The maximum absolute atomic E-state index is 12.6. The van der Waals surface area contributed by atoms with E-state index in [1.807, 2.05) is 36.4 Å². The molecule has 1 aliphatic rings. The molecule has 1 atom stereocenters. The van der Waals surface area contributed by atoms with Gasteiger partial charge in [0.05, 0.1) is 6.42 Å². The number of hydrogen-bond donors (Lipinski definition) is 1. The molecule has 0 spiro atoms. The topological polar surface area (TPSA) is 49.4 Å². The van der Waals surface area contributed by atoms with Crippen LogP contribution < -0.4 is 5.32 Å². The molecule has 1 fully saturated rings. The summed E-state index contributed by atoms with van der Waals surface area (Å²) in [6.07, 6.45) is -4.37. The Morgan fingerprint density at radius 3 is 2.64 bits per heavy atom. The largest absolute Gasteiger partial charge is 0.389 e. The number of fused-ring (bicyclic) bond motifs is 1. The van der Waals surface area contributed by atoms with Crippen LogP contribution in [0.2, 0.25) is 0 Å². The van der Waals surface area contributed by atoms with Crippen LogP contribution in [-0.2, 0) is 4.79 Å². The van der Waals surface area contributed by atoms with Crippen LogP contribution in [0.1, 0.15) is 36.0 Å². The molecule has 2 aromatic carbocycles. The summed E-state index contributed by atoms with van der Waals surface area (Å²) in [5, 5.41) is 4.77. The Kier molecular flexibility index (Phi) is 6.21. The molecule has 4 nitrogen and oxygen atoms in total. The van der Waals surface area contributed by atoms with E-state index in [0.29, 0.717) is 25.2 Å². The molecule has 28 heavy (non-hydrogen) atoms. The first-order chi connectivity index (χ1) is 13.3. The third-order valence-electron chi connectivity index (χ3n) is 5.08. The SMILES string of the molecule is O=C(NC[C@H]1CCCN(C(=O)CCC(F)(F)F)C1)c1cccc2ccccc12. The summed E-state index contributed by atoms with van der Waals surface area (Å²) in [7, 11) is 0. The molecule has 1 saturated heterocycles. The van der Waals surface area contributed by atoms with Crippen LogP contribution >= 0.6 is 0 Å². The van der Waals surface area contributed by atoms with E-state index < -0.39 is 24.9 Å². The minimum Gasteiger partial charge on any atom is -0.352 e. The summed E-state index contributed by atoms with van der Waals surface area (Å²) in [6, 6.07) is 13.2. The molecule has 1 N–H and O–H groups in total. The molecular weight excluding hydrogens is 369 g/mol. The lowest BCUT2D eigenvalue weighted by Gasteiger charge is -2.33. The Labute approximate surface area is 161 Å². The van der Waals surface area contributed by atoms with E-state index in [1.165, 1.54) is 4.90 Å². The van der Waals surface area contributed by atoms with Gasteiger partial charge in [0.1, 0.15) is 0 Å². The van der Waals surface area contributed by atoms with Crippen LogP contribution in [0, 0.1) is 5.92 Å². The number of amides is 2. The summed E-state index contributed by atoms with van der Waals surface area (Å²) in [6.45, 7) is 1.25. The Morgan fingerprint density at radius 2 is 1.86 bits per heavy atom. The number of benzene rings is 2. The van der Waals surface area contributed by atoms with E-state index in [1.54, 1.807) is 6.07 Å². The predicted molar refractivity (Wildman–Crippen MR) is 101 cm³/mol. The van der Waals surface area contributed by atoms with Crippen LogP contribution in [-0.4, -0.2) is 42.5 Å². The van der Waals surface area contributed by atoms with E-state index in [0.717, 1.165) is 23.6 Å². The van der Waals surface area contributed by atoms with Crippen molar-refractivity contribution in [3.05, 3.63) is 48.0 Å². The number of rotatable bonds is 5. The Balaban J connectivity index is 1.55. The van der Waals surface area contributed by atoms with Crippen molar-refractivity contribution in [3.8, 4) is 0 Å². The number of hydrogen-bond acceptors (Lipinski definition) is 2. The van der Waals surface area contributed by atoms with Crippen molar-refractivity contribution in [2.24, 2.45) is 5.92 Å². The quantitative estimate of drug-likeness (QED) is 0.831. The van der Waals surface area contributed by atoms with Gasteiger partial charge in [-0.2, -0.15) is 13.2 Å². The fourth-order valence-corrected chi connectivity index (χ4v) is 3.62. The van der Waals surface area contributed by atoms with Gasteiger partial charge in [0, 0.05) is 31.6 Å². The normalized spacial score (nSPS) is 17.5. The monoisotopic (exact) mass is 392 g/mol. The van der Waals surface area contributed by atoms with Crippen molar-refractivity contribution < 1.29 is 22.8 Å². The zero-order valence-corrected chi connectivity index (χ0v) is 15.5. The van der Waals surface area contributed by atoms with Gasteiger partial charge in [-0.1, -0.05) is 36.4 Å². The molecule has 3 rings (SSSR count). The summed E-state index contributed by atoms with van der Waals surface area (Å²) in [5.74, 6) is -0.609. The average molecular weight is 392 g/mol. The number of carbonyl (C=O) groups excluding carboxylic acids is 2. The van der Waals surface area contributed by atoms with Crippen LogP contribution in [0.5, 0.6) is 0 Å². The van der Waals surface area contributed by atoms with Crippen LogP contribution in [0.15, 0.2) is 42.5 Å². The van der Waals surface area contributed by atoms with Gasteiger partial charge < -0.3 is 10.2 Å². The van der Waals surface area contributed by atoms with E-state index in [2.05, 4.69) is 5.32 Å². The number of carbonyl (C=O) groups is 2. The van der Waals surface area contributed by atoms with E-state index in [-0.39, 0.29) is 11.8 Å². The number of nitrogens with one attached hydrogen (secondary N) is 1. The summed E-state index contributed by atoms with van der Waals surface area (Å²) in [5.41, 5.74) is 0.590. The summed E-state index contributed by atoms with van der Waals surface area (Å²) in [4.78, 5) is 26.1. The van der Waals surface area contributed by atoms with Gasteiger partial charge in [0.2, 0.25) is 5.91 Å². The molecule has 7 heteroatoms. The van der Waals surface area contributed by atoms with Crippen molar-refractivity contribution >= 4 is 22.6 Å². The molecule has 0 bridgehead atoms. The highest BCUT2D eigenvalue weighted by Gasteiger charge is 2.30. The molecule has 0 aliphatic carbocycles. The van der Waals surface area contributed by atoms with Gasteiger partial charge in [-0.3, -0.25) is 9.59 Å². The van der Waals surface area contributed by atoms with Crippen molar-refractivity contribution in [1.82, 2.24) is 10.2 Å². The second-order valence-electron chi connectivity index (χ2n) is 7.20. The average Bonchev–Trinajstić information content (AvgIpc) is 2.69. The molecule has 0 unspecified atom stereocenters. The molecular formula is C21H23F3N2O2. The van der Waals surface area contributed by atoms with Crippen molar-refractivity contribution in [2.45, 2.75) is 31.9 Å². The number of alkyl halides is 3. The summed E-state index contributed by atoms with van der Waals surface area (Å²) >= 11 is 0. The lowest BCUT2D eigenvalue weighted by molar-refractivity contribution is -0.150. The maximum Gasteiger partial charge on any atom is 0.389 e. The standard InChI is InChI=1S/C21H23F3N2O2/c22-21(23,24)11-10-19(27)26-12-4-5-15(14-26)13-25-20(28)18-9-3-7-16-6-1-2-8-17(16)18/h1-3,6-9,15H,4-5,10-14H2,(H,25,28)/t15-/m1/s1. The molecule has 1 aliphatic heterocycles. The van der Waals surface area contributed by atoms with E-state index in [4.69, 9.17) is 0 Å². The van der Waals surface area contributed by atoms with Gasteiger partial charge in [-0.25, -0.2) is 0 Å². The molecule has 150 valence electrons. The highest BCUT2D eigenvalue weighted by atomic mass is 19.4. The van der Waals surface area contributed by atoms with E-state index >= 15 is 0 Å². The lowest BCUT2D eigenvalue weighted by atomic mass is 9.97. The zero-order chi connectivity index (χ0) is 20.1. The number of nitrogens with zero attached hydrogens (tertiary/aromatic N) is 1. The Bertz CT molecular complexity index is 846. The number of likely N-dealkylation sites (tertiary alicyclic amines) is 1. The third kappa shape index (κ3) is 5.24. The fourth-order valence-electron chi connectivity index (χ4n) is 3.62. The van der Waals surface area contributed by atoms with Crippen LogP contribution in [0.25, 0.3) is 10.8 Å². The van der Waals surface area contributed by atoms with Crippen molar-refractivity contribution in [2.75, 3.05) is 19.6 Å². The second kappa shape index (κ2) is 8.63. The van der Waals surface area contributed by atoms with E-state index in [9.17, 15) is 22.8 Å². The predicted octanol–water partition coefficient (Wildman–Crippen LogP) is 4.15. The van der Waals surface area contributed by atoms with Crippen LogP contribution in [0.4, 0.5) is 13.2 Å². The fraction of sp³-hybridized carbons (Fsp3) is 0.429. The lowest BCUT2D eigenvalue weighted by Crippen LogP contribution is -2.43. The van der Waals surface area contributed by atoms with Gasteiger partial charge in [0.25, 0.3) is 5.91 Å². The number of halogens is 3. The first kappa shape index (κ1) is 20.2. The van der Waals surface area contributed by atoms with Gasteiger partial charge in [-0.15, -0.1) is 0 Å². The van der Waals surface area contributed by atoms with Crippen molar-refractivity contribution in [1.29, 1.82) is 0 Å². The first-order valence-corrected chi connectivity index (χ1v) is 9.44. The zero-order valence-electron chi connectivity index (χ0n) is 15.5. The highest BCUT2D eigenvalue weighted by molar-refractivity contribution is 6.07. The molecule has 2 aromatic rings. The van der Waals surface area contributed by atoms with Crippen LogP contribution in [0.3, 0.4) is 0 Å². The third-order valence-corrected chi connectivity index (χ3v) is 5.08. The molecule has 1 heterocycles. The summed E-state index contributed by atoms with van der Waals surface area (Å²) < 4.78 is 37.0. The molecule has 0 aromatic heterocycles. The minimum atomic E-state index is -4.32. The second-order valence-corrected chi connectivity index (χ2v) is 7.20. The Morgan fingerprint density at radius 1 is 1.11 bits per heavy atom. The highest BCUT2D eigenvalue weighted by Crippen LogP contribution is 2.24. The Hall–Kier alpha value is -2.57. The van der Waals surface area contributed by atoms with Crippen molar-refractivity contribution in [3.63, 3.8) is 0 Å². The van der Waals surface area contributed by atoms with Gasteiger partial charge in [0.15, 0.2) is 0 Å². The molecule has 0 radical (unpaired) electrons. The maximum atomic E-state index is 12.6. The van der Waals surface area contributed by atoms with Gasteiger partial charge in [-0.05, 0) is 35.6 Å². The number of piperidine rings is 1.